The fraction of sp³-hybridized carbons (Fsp3) is 0.312. The summed E-state index contributed by atoms with van der Waals surface area (Å²) in [5, 5.41) is 19.1. The zero-order valence-electron chi connectivity index (χ0n) is 36.7. The predicted octanol–water partition coefficient (Wildman–Crippen LogP) is 4.65. The normalized spacial score (nSPS) is 17.2. The summed E-state index contributed by atoms with van der Waals surface area (Å²) in [6, 6.07) is 13.2. The standard InChI is InChI=1S/C48H47F2N9O8/c1-4-38(63)56-21-22-57(27(3)25-56)43-30-23-32(50)41(40-31(49)14-10-16-35(40)60)54-44(30)59(48(67)55-43)42-26(2)11-8-12-28(42)24-52-36(61)17-6-5-7-20-51-33-15-9-13-29-39(33)47(66)58(46(29)65)34-18-19-37(62)53-45(34)64/h4,8-16,23,27,34,51,60H,1,5-7,17-22,24-25H2,2-3H3,(H,52,61)(H,53,62,64)/t27-,34?/m0/s1. The van der Waals surface area contributed by atoms with E-state index in [4.69, 9.17) is 0 Å². The van der Waals surface area contributed by atoms with Crippen LogP contribution in [-0.4, -0.2) is 103 Å². The zero-order chi connectivity index (χ0) is 47.7. The smallest absolute Gasteiger partial charge is 0.355 e. The van der Waals surface area contributed by atoms with Gasteiger partial charge >= 0.3 is 5.69 Å². The Morgan fingerprint density at radius 2 is 1.72 bits per heavy atom. The van der Waals surface area contributed by atoms with Crippen molar-refractivity contribution in [2.24, 2.45) is 0 Å². The second kappa shape index (κ2) is 18.9. The molecule has 5 heterocycles. The number of carbonyl (C=O) groups excluding carboxylic acids is 6. The molecule has 346 valence electrons. The van der Waals surface area contributed by atoms with Gasteiger partial charge in [0.1, 0.15) is 29.1 Å². The number of aromatic hydroxyl groups is 1. The number of piperidine rings is 1. The third-order valence-electron chi connectivity index (χ3n) is 12.3. The van der Waals surface area contributed by atoms with Gasteiger partial charge in [0.2, 0.25) is 23.6 Å². The van der Waals surface area contributed by atoms with Crippen LogP contribution in [0.2, 0.25) is 0 Å². The van der Waals surface area contributed by atoms with Crippen LogP contribution in [0.15, 0.2) is 78.1 Å². The Bertz CT molecular complexity index is 2940. The van der Waals surface area contributed by atoms with E-state index < -0.39 is 64.0 Å². The molecular formula is C48H47F2N9O8. The Morgan fingerprint density at radius 1 is 0.940 bits per heavy atom. The molecule has 3 aliphatic rings. The minimum Gasteiger partial charge on any atom is -0.507 e. The highest BCUT2D eigenvalue weighted by atomic mass is 19.1. The number of anilines is 2. The van der Waals surface area contributed by atoms with Crippen molar-refractivity contribution in [1.82, 2.24) is 35.0 Å². The van der Waals surface area contributed by atoms with E-state index in [1.54, 1.807) is 47.1 Å². The Labute approximate surface area is 382 Å². The molecule has 0 bridgehead atoms. The number of para-hydroxylation sites is 1. The maximum absolute atomic E-state index is 16.2. The Kier molecular flexibility index (Phi) is 12.9. The quantitative estimate of drug-likeness (QED) is 0.0681. The van der Waals surface area contributed by atoms with Gasteiger partial charge in [0.25, 0.3) is 11.8 Å². The third-order valence-corrected chi connectivity index (χ3v) is 12.3. The van der Waals surface area contributed by atoms with E-state index in [0.717, 1.165) is 17.0 Å². The molecule has 0 saturated carbocycles. The molecule has 3 aromatic carbocycles. The first kappa shape index (κ1) is 45.7. The molecule has 0 spiro atoms. The molecule has 2 aromatic heterocycles. The van der Waals surface area contributed by atoms with Gasteiger partial charge in [-0.1, -0.05) is 43.3 Å². The number of halogens is 2. The number of nitrogens with one attached hydrogen (secondary N) is 3. The average Bonchev–Trinajstić information content (AvgIpc) is 3.55. The van der Waals surface area contributed by atoms with Crippen LogP contribution in [0, 0.1) is 18.6 Å². The van der Waals surface area contributed by atoms with Crippen LogP contribution < -0.4 is 26.5 Å². The van der Waals surface area contributed by atoms with Crippen LogP contribution in [0.4, 0.5) is 20.3 Å². The Balaban J connectivity index is 0.973. The van der Waals surface area contributed by atoms with Gasteiger partial charge in [-0.3, -0.25) is 39.0 Å². The van der Waals surface area contributed by atoms with Gasteiger partial charge in [-0.05, 0) is 80.6 Å². The average molecular weight is 916 g/mol. The van der Waals surface area contributed by atoms with Crippen molar-refractivity contribution in [2.45, 2.75) is 71.0 Å². The van der Waals surface area contributed by atoms with Gasteiger partial charge in [-0.25, -0.2) is 23.1 Å². The van der Waals surface area contributed by atoms with E-state index in [-0.39, 0.29) is 91.3 Å². The van der Waals surface area contributed by atoms with Crippen molar-refractivity contribution in [1.29, 1.82) is 0 Å². The highest BCUT2D eigenvalue weighted by Gasteiger charge is 2.45. The second-order valence-electron chi connectivity index (χ2n) is 16.7. The van der Waals surface area contributed by atoms with Crippen LogP contribution in [0.1, 0.15) is 77.3 Å². The molecule has 2 atom stereocenters. The third kappa shape index (κ3) is 8.83. The molecule has 4 N–H and O–H groups in total. The molecule has 19 heteroatoms. The Hall–Kier alpha value is -7.83. The number of hydrogen-bond donors (Lipinski definition) is 4. The van der Waals surface area contributed by atoms with E-state index in [1.165, 1.54) is 28.8 Å². The summed E-state index contributed by atoms with van der Waals surface area (Å²) >= 11 is 0. The van der Waals surface area contributed by atoms with Crippen LogP contribution in [0.5, 0.6) is 5.75 Å². The number of nitrogens with zero attached hydrogens (tertiary/aromatic N) is 6. The first-order valence-electron chi connectivity index (χ1n) is 21.9. The van der Waals surface area contributed by atoms with Gasteiger partial charge < -0.3 is 25.5 Å². The number of phenols is 1. The van der Waals surface area contributed by atoms with Crippen LogP contribution in [-0.2, 0) is 25.7 Å². The number of carbonyl (C=O) groups is 6. The van der Waals surface area contributed by atoms with E-state index >= 15 is 8.78 Å². The zero-order valence-corrected chi connectivity index (χ0v) is 36.7. The Morgan fingerprint density at radius 3 is 2.46 bits per heavy atom. The SMILES string of the molecule is C=CC(=O)N1CCN(c2nc(=O)n(-c3c(C)cccc3CNC(=O)CCCCCNc3cccc4c3C(=O)N(C3CCC(=O)NC3=O)C4=O)c3nc(-c4c(O)cccc4F)c(F)cc23)[C@@H](C)C1. The highest BCUT2D eigenvalue weighted by molar-refractivity contribution is 6.25. The molecule has 6 amide bonds. The topological polar surface area (TPSA) is 216 Å². The maximum atomic E-state index is 16.2. The van der Waals surface area contributed by atoms with Gasteiger partial charge in [-0.15, -0.1) is 0 Å². The molecule has 2 fully saturated rings. The van der Waals surface area contributed by atoms with Crippen LogP contribution in [0.3, 0.4) is 0 Å². The summed E-state index contributed by atoms with van der Waals surface area (Å²) in [5.41, 5.74) is 0.264. The number of phenolic OH excluding ortho intramolecular Hbond substituents is 1. The van der Waals surface area contributed by atoms with Crippen LogP contribution in [0.25, 0.3) is 28.0 Å². The summed E-state index contributed by atoms with van der Waals surface area (Å²) in [6.45, 7) is 8.32. The number of benzene rings is 3. The molecule has 67 heavy (non-hydrogen) atoms. The first-order valence-corrected chi connectivity index (χ1v) is 21.9. The molecule has 2 saturated heterocycles. The molecule has 5 aromatic rings. The summed E-state index contributed by atoms with van der Waals surface area (Å²) in [4.78, 5) is 104. The number of amides is 6. The lowest BCUT2D eigenvalue weighted by Crippen LogP contribution is -2.54. The fourth-order valence-electron chi connectivity index (χ4n) is 8.99. The van der Waals surface area contributed by atoms with E-state index in [1.807, 2.05) is 6.92 Å². The van der Waals surface area contributed by atoms with Crippen molar-refractivity contribution in [3.05, 3.63) is 118 Å². The minimum absolute atomic E-state index is 0.0154. The number of hydrogen-bond acceptors (Lipinski definition) is 12. The van der Waals surface area contributed by atoms with E-state index in [2.05, 4.69) is 32.5 Å². The number of fused-ring (bicyclic) bond motifs is 2. The molecule has 8 rings (SSSR count). The number of aromatic nitrogens is 3. The predicted molar refractivity (Wildman–Crippen MR) is 242 cm³/mol. The van der Waals surface area contributed by atoms with Crippen molar-refractivity contribution in [2.75, 3.05) is 36.4 Å². The minimum atomic E-state index is -1.08. The van der Waals surface area contributed by atoms with E-state index in [0.29, 0.717) is 48.3 Å². The molecule has 0 radical (unpaired) electrons. The number of rotatable bonds is 14. The van der Waals surface area contributed by atoms with Gasteiger partial charge in [0.05, 0.1) is 27.8 Å². The van der Waals surface area contributed by atoms with Gasteiger partial charge in [-0.2, -0.15) is 4.98 Å². The lowest BCUT2D eigenvalue weighted by Gasteiger charge is -2.40. The fourth-order valence-corrected chi connectivity index (χ4v) is 8.99. The number of pyridine rings is 1. The summed E-state index contributed by atoms with van der Waals surface area (Å²) in [7, 11) is 0. The number of piperazine rings is 1. The van der Waals surface area contributed by atoms with Crippen LogP contribution >= 0.6 is 0 Å². The van der Waals surface area contributed by atoms with Crippen molar-refractivity contribution in [3.8, 4) is 22.7 Å². The first-order chi connectivity index (χ1) is 32.2. The molecule has 17 nitrogen and oxygen atoms in total. The number of imide groups is 2. The molecule has 3 aliphatic heterocycles. The monoisotopic (exact) mass is 915 g/mol. The van der Waals surface area contributed by atoms with E-state index in [9.17, 15) is 38.7 Å². The van der Waals surface area contributed by atoms with Gasteiger partial charge in [0, 0.05) is 57.3 Å². The molecular weight excluding hydrogens is 869 g/mol. The lowest BCUT2D eigenvalue weighted by molar-refractivity contribution is -0.136. The molecule has 1 unspecified atom stereocenters. The number of unbranched alkanes of at least 4 members (excludes halogenated alkanes) is 2. The maximum Gasteiger partial charge on any atom is 0.355 e. The second-order valence-corrected chi connectivity index (χ2v) is 16.7. The largest absolute Gasteiger partial charge is 0.507 e. The number of aryl methyl sites for hydroxylation is 1. The summed E-state index contributed by atoms with van der Waals surface area (Å²) < 4.78 is 32.7. The lowest BCUT2D eigenvalue weighted by atomic mass is 10.0. The summed E-state index contributed by atoms with van der Waals surface area (Å²) in [5.74, 6) is -5.25. The van der Waals surface area contributed by atoms with Gasteiger partial charge in [0.15, 0.2) is 11.5 Å². The van der Waals surface area contributed by atoms with Crippen molar-refractivity contribution < 1.29 is 42.7 Å². The van der Waals surface area contributed by atoms with Crippen molar-refractivity contribution in [3.63, 3.8) is 0 Å². The summed E-state index contributed by atoms with van der Waals surface area (Å²) in [6.07, 6.45) is 3.19. The molecule has 0 aliphatic carbocycles. The highest BCUT2D eigenvalue weighted by Crippen LogP contribution is 2.37. The van der Waals surface area contributed by atoms with Crippen molar-refractivity contribution >= 4 is 58.0 Å².